The molecular weight excluding hydrogens is 264 g/mol. The number of nitrogens with zero attached hydrogens (tertiary/aromatic N) is 2. The zero-order chi connectivity index (χ0) is 15.6. The third-order valence-corrected chi connectivity index (χ3v) is 3.79. The number of β-amino-alcohol motifs (C(OH)–C–C–N with tert-alkyl or cyclic N) is 1. The van der Waals surface area contributed by atoms with Gasteiger partial charge in [0.15, 0.2) is 0 Å². The van der Waals surface area contributed by atoms with Gasteiger partial charge in [-0.3, -0.25) is 4.79 Å². The Morgan fingerprint density at radius 2 is 1.95 bits per heavy atom. The Bertz CT molecular complexity index is 506. The van der Waals surface area contributed by atoms with Crippen molar-refractivity contribution in [3.05, 3.63) is 29.8 Å². The number of benzene rings is 1. The molecule has 0 radical (unpaired) electrons. The molecule has 1 amide bonds. The maximum absolute atomic E-state index is 12.4. The Kier molecular flexibility index (Phi) is 4.57. The molecule has 116 valence electrons. The molecule has 1 heterocycles. The standard InChI is InChI=1S/C17H26N2O2/c1-13(2)19-11-14-7-5-6-8-15(14)18(10-9-16(19)20)12-17(3,4)21/h5-8,13,21H,9-12H2,1-4H3. The van der Waals surface area contributed by atoms with E-state index in [2.05, 4.69) is 30.9 Å². The van der Waals surface area contributed by atoms with Gasteiger partial charge in [0.2, 0.25) is 5.91 Å². The number of hydrogen-bond acceptors (Lipinski definition) is 3. The van der Waals surface area contributed by atoms with Crippen LogP contribution in [-0.2, 0) is 11.3 Å². The Balaban J connectivity index is 2.36. The summed E-state index contributed by atoms with van der Waals surface area (Å²) < 4.78 is 0. The lowest BCUT2D eigenvalue weighted by atomic mass is 10.0. The number of para-hydroxylation sites is 1. The van der Waals surface area contributed by atoms with Gasteiger partial charge in [0.25, 0.3) is 0 Å². The lowest BCUT2D eigenvalue weighted by Gasteiger charge is -2.37. The molecule has 1 aliphatic heterocycles. The summed E-state index contributed by atoms with van der Waals surface area (Å²) in [5, 5.41) is 10.1. The van der Waals surface area contributed by atoms with Crippen LogP contribution in [0.25, 0.3) is 0 Å². The van der Waals surface area contributed by atoms with E-state index in [1.165, 1.54) is 0 Å². The van der Waals surface area contributed by atoms with E-state index in [1.807, 2.05) is 17.0 Å². The number of fused-ring (bicyclic) bond motifs is 1. The second-order valence-corrected chi connectivity index (χ2v) is 6.73. The largest absolute Gasteiger partial charge is 0.389 e. The van der Waals surface area contributed by atoms with E-state index in [0.29, 0.717) is 26.1 Å². The van der Waals surface area contributed by atoms with E-state index in [1.54, 1.807) is 13.8 Å². The van der Waals surface area contributed by atoms with Gasteiger partial charge in [0, 0.05) is 37.8 Å². The van der Waals surface area contributed by atoms with Crippen LogP contribution in [0.3, 0.4) is 0 Å². The Morgan fingerprint density at radius 3 is 2.57 bits per heavy atom. The predicted octanol–water partition coefficient (Wildman–Crippen LogP) is 2.40. The van der Waals surface area contributed by atoms with Gasteiger partial charge in [-0.1, -0.05) is 18.2 Å². The number of aliphatic hydroxyl groups is 1. The van der Waals surface area contributed by atoms with E-state index in [9.17, 15) is 9.90 Å². The molecule has 0 fully saturated rings. The fourth-order valence-corrected chi connectivity index (χ4v) is 2.82. The summed E-state index contributed by atoms with van der Waals surface area (Å²) in [6, 6.07) is 8.37. The van der Waals surface area contributed by atoms with Gasteiger partial charge in [-0.2, -0.15) is 0 Å². The molecule has 1 aromatic carbocycles. The van der Waals surface area contributed by atoms with Crippen molar-refractivity contribution in [3.8, 4) is 0 Å². The molecule has 1 N–H and O–H groups in total. The minimum Gasteiger partial charge on any atom is -0.389 e. The summed E-state index contributed by atoms with van der Waals surface area (Å²) >= 11 is 0. The fraction of sp³-hybridized carbons (Fsp3) is 0.588. The van der Waals surface area contributed by atoms with Gasteiger partial charge in [0.05, 0.1) is 5.60 Å². The first-order valence-electron chi connectivity index (χ1n) is 7.62. The van der Waals surface area contributed by atoms with Crippen LogP contribution in [0.5, 0.6) is 0 Å². The highest BCUT2D eigenvalue weighted by molar-refractivity contribution is 5.78. The smallest absolute Gasteiger partial charge is 0.224 e. The first kappa shape index (κ1) is 15.8. The molecule has 4 nitrogen and oxygen atoms in total. The maximum atomic E-state index is 12.4. The highest BCUT2D eigenvalue weighted by Gasteiger charge is 2.26. The lowest BCUT2D eigenvalue weighted by molar-refractivity contribution is -0.133. The second kappa shape index (κ2) is 6.06. The fourth-order valence-electron chi connectivity index (χ4n) is 2.82. The van der Waals surface area contributed by atoms with Crippen molar-refractivity contribution in [1.82, 2.24) is 4.90 Å². The van der Waals surface area contributed by atoms with E-state index >= 15 is 0 Å². The zero-order valence-corrected chi connectivity index (χ0v) is 13.5. The van der Waals surface area contributed by atoms with Gasteiger partial charge in [0.1, 0.15) is 0 Å². The molecular formula is C17H26N2O2. The van der Waals surface area contributed by atoms with Crippen molar-refractivity contribution in [1.29, 1.82) is 0 Å². The Labute approximate surface area is 127 Å². The van der Waals surface area contributed by atoms with Crippen molar-refractivity contribution in [2.75, 3.05) is 18.0 Å². The first-order chi connectivity index (χ1) is 9.78. The molecule has 0 bridgehead atoms. The Morgan fingerprint density at radius 1 is 1.29 bits per heavy atom. The summed E-state index contributed by atoms with van der Waals surface area (Å²) in [5.41, 5.74) is 1.48. The molecule has 0 aromatic heterocycles. The van der Waals surface area contributed by atoms with Crippen molar-refractivity contribution in [2.45, 2.75) is 52.3 Å². The van der Waals surface area contributed by atoms with Crippen LogP contribution in [0.15, 0.2) is 24.3 Å². The average Bonchev–Trinajstić information content (AvgIpc) is 2.37. The molecule has 0 spiro atoms. The molecule has 0 unspecified atom stereocenters. The van der Waals surface area contributed by atoms with Crippen molar-refractivity contribution >= 4 is 11.6 Å². The van der Waals surface area contributed by atoms with Gasteiger partial charge in [-0.15, -0.1) is 0 Å². The number of carbonyl (C=O) groups excluding carboxylic acids is 1. The maximum Gasteiger partial charge on any atom is 0.224 e. The number of anilines is 1. The zero-order valence-electron chi connectivity index (χ0n) is 13.5. The number of carbonyl (C=O) groups is 1. The third kappa shape index (κ3) is 3.97. The molecule has 21 heavy (non-hydrogen) atoms. The highest BCUT2D eigenvalue weighted by Crippen LogP contribution is 2.27. The Hall–Kier alpha value is -1.55. The molecule has 1 aliphatic rings. The van der Waals surface area contributed by atoms with Crippen LogP contribution < -0.4 is 4.90 Å². The molecule has 1 aromatic rings. The van der Waals surface area contributed by atoms with E-state index in [4.69, 9.17) is 0 Å². The number of rotatable bonds is 3. The molecule has 0 saturated carbocycles. The molecule has 2 rings (SSSR count). The summed E-state index contributed by atoms with van der Waals surface area (Å²) in [6.07, 6.45) is 0.489. The number of amides is 1. The van der Waals surface area contributed by atoms with E-state index < -0.39 is 5.60 Å². The van der Waals surface area contributed by atoms with Crippen molar-refractivity contribution in [2.24, 2.45) is 0 Å². The number of hydrogen-bond donors (Lipinski definition) is 1. The quantitative estimate of drug-likeness (QED) is 0.929. The first-order valence-corrected chi connectivity index (χ1v) is 7.62. The molecule has 0 atom stereocenters. The van der Waals surface area contributed by atoms with E-state index in [-0.39, 0.29) is 11.9 Å². The summed E-state index contributed by atoms with van der Waals surface area (Å²) in [4.78, 5) is 16.4. The van der Waals surface area contributed by atoms with Crippen LogP contribution in [0.1, 0.15) is 39.7 Å². The summed E-state index contributed by atoms with van der Waals surface area (Å²) in [7, 11) is 0. The van der Waals surface area contributed by atoms with Gasteiger partial charge in [-0.25, -0.2) is 0 Å². The molecule has 0 aliphatic carbocycles. The van der Waals surface area contributed by atoms with Crippen LogP contribution in [0.2, 0.25) is 0 Å². The van der Waals surface area contributed by atoms with E-state index in [0.717, 1.165) is 11.3 Å². The van der Waals surface area contributed by atoms with Gasteiger partial charge < -0.3 is 14.9 Å². The molecule has 4 heteroatoms. The molecule has 0 saturated heterocycles. The van der Waals surface area contributed by atoms with Crippen LogP contribution in [0, 0.1) is 0 Å². The van der Waals surface area contributed by atoms with Crippen LogP contribution in [0.4, 0.5) is 5.69 Å². The van der Waals surface area contributed by atoms with Crippen molar-refractivity contribution < 1.29 is 9.90 Å². The predicted molar refractivity (Wildman–Crippen MR) is 85.3 cm³/mol. The SMILES string of the molecule is CC(C)N1Cc2ccccc2N(CC(C)(C)O)CCC1=O. The topological polar surface area (TPSA) is 43.8 Å². The van der Waals surface area contributed by atoms with Gasteiger partial charge in [-0.05, 0) is 39.3 Å². The average molecular weight is 290 g/mol. The minimum absolute atomic E-state index is 0.181. The van der Waals surface area contributed by atoms with Crippen molar-refractivity contribution in [3.63, 3.8) is 0 Å². The highest BCUT2D eigenvalue weighted by atomic mass is 16.3. The summed E-state index contributed by atoms with van der Waals surface area (Å²) in [6.45, 7) is 9.51. The lowest BCUT2D eigenvalue weighted by Crippen LogP contribution is -2.45. The van der Waals surface area contributed by atoms with Crippen LogP contribution in [-0.4, -0.2) is 40.6 Å². The third-order valence-electron chi connectivity index (χ3n) is 3.79. The monoisotopic (exact) mass is 290 g/mol. The van der Waals surface area contributed by atoms with Crippen LogP contribution >= 0.6 is 0 Å². The summed E-state index contributed by atoms with van der Waals surface area (Å²) in [5.74, 6) is 0.181. The minimum atomic E-state index is -0.785. The normalized spacial score (nSPS) is 16.8. The van der Waals surface area contributed by atoms with Gasteiger partial charge >= 0.3 is 0 Å². The second-order valence-electron chi connectivity index (χ2n) is 6.73.